The van der Waals surface area contributed by atoms with Gasteiger partial charge in [0.1, 0.15) is 11.2 Å². The second kappa shape index (κ2) is 15.0. The van der Waals surface area contributed by atoms with Crippen LogP contribution in [0.5, 0.6) is 0 Å². The Labute approximate surface area is 387 Å². The molecule has 4 nitrogen and oxygen atoms in total. The van der Waals surface area contributed by atoms with Crippen LogP contribution in [0.1, 0.15) is 29.0 Å². The van der Waals surface area contributed by atoms with Gasteiger partial charge in [-0.1, -0.05) is 176 Å². The van der Waals surface area contributed by atoms with Gasteiger partial charge in [0.05, 0.1) is 27.6 Å². The van der Waals surface area contributed by atoms with E-state index in [4.69, 9.17) is 14.4 Å². The summed E-state index contributed by atoms with van der Waals surface area (Å²) in [5.74, 6) is 0.934. The average Bonchev–Trinajstić information content (AvgIpc) is 4.05. The van der Waals surface area contributed by atoms with Crippen LogP contribution < -0.4 is 0 Å². The van der Waals surface area contributed by atoms with E-state index in [1.165, 1.54) is 49.7 Å². The van der Waals surface area contributed by atoms with Gasteiger partial charge in [-0.15, -0.1) is 0 Å². The predicted octanol–water partition coefficient (Wildman–Crippen LogP) is 16.5. The van der Waals surface area contributed by atoms with Crippen LogP contribution >= 0.6 is 0 Å². The van der Waals surface area contributed by atoms with E-state index >= 15 is 0 Å². The second-order valence-corrected chi connectivity index (χ2v) is 18.0. The third-order valence-corrected chi connectivity index (χ3v) is 14.2. The number of hydrogen-bond acceptors (Lipinski definition) is 3. The van der Waals surface area contributed by atoms with Crippen molar-refractivity contribution in [3.8, 4) is 50.6 Å². The molecular formula is C63H41N3O. The highest BCUT2D eigenvalue weighted by Gasteiger charge is 2.29. The quantitative estimate of drug-likeness (QED) is 0.160. The molecule has 0 saturated carbocycles. The molecule has 0 bridgehead atoms. The van der Waals surface area contributed by atoms with Gasteiger partial charge in [0.25, 0.3) is 0 Å². The Morgan fingerprint density at radius 1 is 0.448 bits per heavy atom. The zero-order chi connectivity index (χ0) is 44.0. The monoisotopic (exact) mass is 855 g/mol. The summed E-state index contributed by atoms with van der Waals surface area (Å²) >= 11 is 0. The number of benzene rings is 10. The van der Waals surface area contributed by atoms with E-state index in [0.29, 0.717) is 11.9 Å². The number of aromatic nitrogens is 3. The molecule has 0 saturated heterocycles. The number of rotatable bonds is 7. The normalized spacial score (nSPS) is 13.3. The summed E-state index contributed by atoms with van der Waals surface area (Å²) in [5, 5.41) is 7.68. The minimum absolute atomic E-state index is 0.322. The van der Waals surface area contributed by atoms with Crippen LogP contribution in [-0.2, 0) is 6.42 Å². The van der Waals surface area contributed by atoms with E-state index in [9.17, 15) is 0 Å². The van der Waals surface area contributed by atoms with Crippen LogP contribution in [0, 0.1) is 0 Å². The number of furan rings is 1. The molecule has 1 aliphatic rings. The number of aryl methyl sites for hydroxylation is 1. The Balaban J connectivity index is 0.995. The van der Waals surface area contributed by atoms with Crippen LogP contribution in [0.15, 0.2) is 223 Å². The number of fused-ring (bicyclic) bond motifs is 12. The number of nitrogens with zero attached hydrogens (tertiary/aromatic N) is 3. The molecule has 0 aliphatic heterocycles. The molecule has 3 aromatic heterocycles. The SMILES string of the molecule is c1ccc(CCC2c3ccccc3-c3ccc(-c4cccc(-c5cc6c7ccccc7oc6c6c7ccccc7n(-c7nc(-c8ccc9ccccc9c8)c8ccccc8n7)c56)c4)cc32)cc1. The topological polar surface area (TPSA) is 43.9 Å². The molecule has 4 heteroatoms. The Morgan fingerprint density at radius 2 is 1.16 bits per heavy atom. The van der Waals surface area contributed by atoms with Crippen molar-refractivity contribution in [2.24, 2.45) is 0 Å². The van der Waals surface area contributed by atoms with Crippen molar-refractivity contribution in [1.82, 2.24) is 14.5 Å². The summed E-state index contributed by atoms with van der Waals surface area (Å²) in [6.45, 7) is 0. The van der Waals surface area contributed by atoms with Crippen molar-refractivity contribution < 1.29 is 4.42 Å². The summed E-state index contributed by atoms with van der Waals surface area (Å²) in [6, 6.07) is 78.9. The molecule has 14 rings (SSSR count). The van der Waals surface area contributed by atoms with Crippen LogP contribution in [-0.4, -0.2) is 14.5 Å². The van der Waals surface area contributed by atoms with Gasteiger partial charge in [-0.25, -0.2) is 9.97 Å². The van der Waals surface area contributed by atoms with Crippen molar-refractivity contribution in [2.45, 2.75) is 18.8 Å². The third kappa shape index (κ3) is 6.00. The zero-order valence-corrected chi connectivity index (χ0v) is 36.5. The van der Waals surface area contributed by atoms with E-state index in [1.54, 1.807) is 0 Å². The Bertz CT molecular complexity index is 4120. The molecule has 314 valence electrons. The molecule has 0 amide bonds. The lowest BCUT2D eigenvalue weighted by molar-refractivity contribution is 0.673. The second-order valence-electron chi connectivity index (χ2n) is 18.0. The highest BCUT2D eigenvalue weighted by Crippen LogP contribution is 2.49. The predicted molar refractivity (Wildman–Crippen MR) is 277 cm³/mol. The van der Waals surface area contributed by atoms with Crippen LogP contribution in [0.2, 0.25) is 0 Å². The lowest BCUT2D eigenvalue weighted by atomic mass is 9.88. The van der Waals surface area contributed by atoms with Crippen LogP contribution in [0.25, 0.3) is 116 Å². The summed E-state index contributed by atoms with van der Waals surface area (Å²) in [7, 11) is 0. The summed E-state index contributed by atoms with van der Waals surface area (Å²) in [5.41, 5.74) is 18.1. The van der Waals surface area contributed by atoms with E-state index in [2.05, 4.69) is 217 Å². The van der Waals surface area contributed by atoms with Crippen molar-refractivity contribution in [3.05, 3.63) is 235 Å². The van der Waals surface area contributed by atoms with Crippen molar-refractivity contribution in [2.75, 3.05) is 0 Å². The Hall–Kier alpha value is -8.60. The lowest BCUT2D eigenvalue weighted by Crippen LogP contribution is -2.04. The molecule has 1 unspecified atom stereocenters. The first-order valence-electron chi connectivity index (χ1n) is 23.2. The fraction of sp³-hybridized carbons (Fsp3) is 0.0476. The third-order valence-electron chi connectivity index (χ3n) is 14.2. The van der Waals surface area contributed by atoms with Gasteiger partial charge in [-0.05, 0) is 111 Å². The van der Waals surface area contributed by atoms with Crippen molar-refractivity contribution >= 4 is 65.4 Å². The molecule has 67 heavy (non-hydrogen) atoms. The Kier molecular flexibility index (Phi) is 8.44. The first kappa shape index (κ1) is 37.7. The number of hydrogen-bond donors (Lipinski definition) is 0. The first-order valence-corrected chi connectivity index (χ1v) is 23.2. The number of para-hydroxylation sites is 3. The maximum atomic E-state index is 6.88. The van der Waals surface area contributed by atoms with Gasteiger partial charge in [0.2, 0.25) is 5.95 Å². The minimum atomic E-state index is 0.322. The fourth-order valence-corrected chi connectivity index (χ4v) is 11.1. The molecule has 0 N–H and O–H groups in total. The summed E-state index contributed by atoms with van der Waals surface area (Å²) in [4.78, 5) is 11.0. The van der Waals surface area contributed by atoms with Gasteiger partial charge in [-0.2, -0.15) is 0 Å². The van der Waals surface area contributed by atoms with Gasteiger partial charge in [0, 0.05) is 38.6 Å². The molecule has 0 fully saturated rings. The highest BCUT2D eigenvalue weighted by atomic mass is 16.3. The maximum Gasteiger partial charge on any atom is 0.235 e. The van der Waals surface area contributed by atoms with Gasteiger partial charge in [0.15, 0.2) is 0 Å². The van der Waals surface area contributed by atoms with Crippen LogP contribution in [0.4, 0.5) is 0 Å². The average molecular weight is 856 g/mol. The highest BCUT2D eigenvalue weighted by molar-refractivity contribution is 6.27. The molecule has 10 aromatic carbocycles. The van der Waals surface area contributed by atoms with E-state index in [-0.39, 0.29) is 0 Å². The Morgan fingerprint density at radius 3 is 2.09 bits per heavy atom. The van der Waals surface area contributed by atoms with Gasteiger partial charge in [-0.3, -0.25) is 4.57 Å². The summed E-state index contributed by atoms with van der Waals surface area (Å²) in [6.07, 6.45) is 2.08. The molecular weight excluding hydrogens is 815 g/mol. The van der Waals surface area contributed by atoms with E-state index < -0.39 is 0 Å². The van der Waals surface area contributed by atoms with Crippen molar-refractivity contribution in [3.63, 3.8) is 0 Å². The molecule has 1 aliphatic carbocycles. The molecule has 13 aromatic rings. The van der Waals surface area contributed by atoms with Crippen LogP contribution in [0.3, 0.4) is 0 Å². The van der Waals surface area contributed by atoms with E-state index in [1.807, 2.05) is 6.07 Å². The standard InChI is InChI=1S/C63H41N3O/c1-2-15-39(16-3-1)29-33-48-46-21-6-7-22-47(46)49-34-32-43(37-54(48)49)42-19-14-20-44(35-42)53-38-55-50-23-10-13-28-58(50)67-62(55)59-52-25-9-12-27-57(52)66(61(53)59)63-64-56-26-11-8-24-51(56)60(65-63)45-31-30-40-17-4-5-18-41(40)36-45/h1-28,30-32,34-38,48H,29,33H2. The zero-order valence-electron chi connectivity index (χ0n) is 36.5. The molecule has 1 atom stereocenters. The van der Waals surface area contributed by atoms with E-state index in [0.717, 1.165) is 89.9 Å². The molecule has 3 heterocycles. The minimum Gasteiger partial charge on any atom is -0.455 e. The lowest BCUT2D eigenvalue weighted by Gasteiger charge is -2.16. The maximum absolute atomic E-state index is 6.88. The fourth-order valence-electron chi connectivity index (χ4n) is 11.1. The smallest absolute Gasteiger partial charge is 0.235 e. The van der Waals surface area contributed by atoms with Gasteiger partial charge >= 0.3 is 0 Å². The summed E-state index contributed by atoms with van der Waals surface area (Å²) < 4.78 is 9.16. The molecule has 0 radical (unpaired) electrons. The van der Waals surface area contributed by atoms with Crippen molar-refractivity contribution in [1.29, 1.82) is 0 Å². The first-order chi connectivity index (χ1) is 33.2. The largest absolute Gasteiger partial charge is 0.455 e. The van der Waals surface area contributed by atoms with Gasteiger partial charge < -0.3 is 4.42 Å². The molecule has 0 spiro atoms.